The quantitative estimate of drug-likeness (QED) is 0.157. The molecule has 0 saturated carbocycles. The fourth-order valence-corrected chi connectivity index (χ4v) is 10.8. The number of para-hydroxylation sites is 1. The van der Waals surface area contributed by atoms with Crippen molar-refractivity contribution in [1.82, 2.24) is 4.98 Å². The summed E-state index contributed by atoms with van der Waals surface area (Å²) in [6.45, 7) is 3.98. The van der Waals surface area contributed by atoms with Crippen molar-refractivity contribution in [3.05, 3.63) is 195 Å². The maximum Gasteiger partial charge on any atom is 1.20 e. The Hall–Kier alpha value is -6.19. The van der Waals surface area contributed by atoms with E-state index in [-0.39, 0.29) is 12.0 Å². The van der Waals surface area contributed by atoms with Gasteiger partial charge in [0, 0.05) is 28.6 Å². The molecule has 0 spiro atoms. The first kappa shape index (κ1) is 35.0. The smallest absolute Gasteiger partial charge is 0.579 e. The first-order valence-corrected chi connectivity index (χ1v) is 21.8. The fourth-order valence-electron chi connectivity index (χ4n) is 9.47. The second-order valence-corrected chi connectivity index (χ2v) is 17.1. The van der Waals surface area contributed by atoms with Crippen LogP contribution in [0.5, 0.6) is 11.5 Å². The number of benzene rings is 4. The summed E-state index contributed by atoms with van der Waals surface area (Å²) in [5.41, 5.74) is 13.0. The summed E-state index contributed by atoms with van der Waals surface area (Å²) in [6, 6.07) is 32.8. The molecule has 0 bridgehead atoms. The van der Waals surface area contributed by atoms with Crippen LogP contribution >= 0.6 is 0 Å². The van der Waals surface area contributed by atoms with Gasteiger partial charge in [-0.2, -0.15) is 0 Å². The van der Waals surface area contributed by atoms with E-state index in [0.717, 1.165) is 58.5 Å². The van der Waals surface area contributed by atoms with Gasteiger partial charge in [0.2, 0.25) is 0 Å². The molecule has 3 unspecified atom stereocenters. The van der Waals surface area contributed by atoms with Gasteiger partial charge in [0.15, 0.2) is 0 Å². The van der Waals surface area contributed by atoms with E-state index in [9.17, 15) is 0 Å². The van der Waals surface area contributed by atoms with Gasteiger partial charge in [-0.25, -0.2) is 4.98 Å². The zero-order chi connectivity index (χ0) is 38.7. The molecular formula is C52H41AlN2O3. The topological polar surface area (TPSA) is 52.9 Å². The van der Waals surface area contributed by atoms with Crippen LogP contribution in [0.1, 0.15) is 31.9 Å². The van der Waals surface area contributed by atoms with Crippen LogP contribution in [0, 0.1) is 18.8 Å². The average Bonchev–Trinajstić information content (AvgIpc) is 3.64. The lowest BCUT2D eigenvalue weighted by atomic mass is 9.71. The molecule has 0 amide bonds. The Morgan fingerprint density at radius 2 is 1.41 bits per heavy atom. The Bertz CT molecular complexity index is 3040. The molecule has 280 valence electrons. The zero-order valence-corrected chi connectivity index (χ0v) is 33.7. The largest absolute Gasteiger partial charge is 1.20 e. The van der Waals surface area contributed by atoms with Crippen LogP contribution in [0.4, 0.5) is 0 Å². The number of dihydropyridines is 1. The van der Waals surface area contributed by atoms with E-state index in [1.807, 2.05) is 80.6 Å². The molecule has 1 aliphatic heterocycles. The Morgan fingerprint density at radius 3 is 2.24 bits per heavy atom. The molecule has 6 heteroatoms. The van der Waals surface area contributed by atoms with Crippen LogP contribution in [-0.2, 0) is 3.79 Å². The Morgan fingerprint density at radius 1 is 0.638 bits per heavy atom. The highest BCUT2D eigenvalue weighted by atomic mass is 27.3. The van der Waals surface area contributed by atoms with E-state index < -0.39 is 15.1 Å². The van der Waals surface area contributed by atoms with Gasteiger partial charge in [-0.15, -0.1) is 0 Å². The number of hydrogen-bond donors (Lipinski definition) is 0. The number of hydrogen-bond acceptors (Lipinski definition) is 5. The highest BCUT2D eigenvalue weighted by Crippen LogP contribution is 2.48. The maximum absolute atomic E-state index is 6.55. The number of allylic oxidation sites excluding steroid dienone is 9. The molecule has 7 aliphatic rings. The van der Waals surface area contributed by atoms with Gasteiger partial charge in [-0.3, -0.25) is 4.99 Å². The van der Waals surface area contributed by atoms with Crippen LogP contribution in [0.25, 0.3) is 45.3 Å². The van der Waals surface area contributed by atoms with Crippen molar-refractivity contribution < 1.29 is 11.4 Å². The lowest BCUT2D eigenvalue weighted by Crippen LogP contribution is -2.49. The molecule has 58 heavy (non-hydrogen) atoms. The monoisotopic (exact) mass is 768 g/mol. The molecule has 0 fully saturated rings. The van der Waals surface area contributed by atoms with Crippen LogP contribution in [0.3, 0.4) is 0 Å². The summed E-state index contributed by atoms with van der Waals surface area (Å²) >= 11 is -2.80. The van der Waals surface area contributed by atoms with Crippen LogP contribution in [0.2, 0.25) is 0 Å². The van der Waals surface area contributed by atoms with E-state index in [1.54, 1.807) is 38.3 Å². The SMILES string of the molecule is C1=C2CC=c3ccc4c5c3=C2C2C(=C1)CC=C(CC=4)C=52.CC1=NC2C([O][Al]([O]c3ccc(-c4ccccc4)cc3)[O]c3cccc4ccc(C)nc34)=CC=CC2C=C1. The minimum absolute atomic E-state index is 0.124. The number of aryl methyl sites for hydroxylation is 1. The van der Waals surface area contributed by atoms with Crippen molar-refractivity contribution >= 4 is 55.1 Å². The summed E-state index contributed by atoms with van der Waals surface area (Å²) in [5, 5.41) is 7.07. The number of pyridine rings is 1. The third-order valence-corrected chi connectivity index (χ3v) is 13.6. The number of aromatic nitrogens is 1. The third kappa shape index (κ3) is 6.16. The van der Waals surface area contributed by atoms with Gasteiger partial charge < -0.3 is 11.4 Å². The molecule has 0 radical (unpaired) electrons. The Balaban J connectivity index is 0.000000159. The normalized spacial score (nSPS) is 20.8. The number of nitrogens with zero attached hydrogens (tertiary/aromatic N) is 2. The van der Waals surface area contributed by atoms with E-state index in [4.69, 9.17) is 21.3 Å². The van der Waals surface area contributed by atoms with Gasteiger partial charge in [0.1, 0.15) is 17.3 Å². The second kappa shape index (κ2) is 14.3. The first-order valence-electron chi connectivity index (χ1n) is 20.3. The highest BCUT2D eigenvalue weighted by Gasteiger charge is 2.47. The molecule has 1 aromatic heterocycles. The summed E-state index contributed by atoms with van der Waals surface area (Å²) < 4.78 is 19.5. The van der Waals surface area contributed by atoms with Gasteiger partial charge in [-0.05, 0) is 124 Å². The molecule has 0 N–H and O–H groups in total. The van der Waals surface area contributed by atoms with Crippen LogP contribution in [-0.4, -0.2) is 31.9 Å². The summed E-state index contributed by atoms with van der Waals surface area (Å²) in [6.07, 6.45) is 25.8. The summed E-state index contributed by atoms with van der Waals surface area (Å²) in [4.78, 5) is 9.58. The number of rotatable bonds is 7. The van der Waals surface area contributed by atoms with E-state index in [0.29, 0.717) is 17.4 Å². The summed E-state index contributed by atoms with van der Waals surface area (Å²) in [7, 11) is 0. The molecule has 2 heterocycles. The van der Waals surface area contributed by atoms with Gasteiger partial charge in [0.05, 0.1) is 11.5 Å². The molecule has 3 atom stereocenters. The molecule has 12 rings (SSSR count). The van der Waals surface area contributed by atoms with Crippen LogP contribution < -0.4 is 28.5 Å². The minimum Gasteiger partial charge on any atom is -0.579 e. The molecular weight excluding hydrogens is 728 g/mol. The number of fused-ring (bicyclic) bond motifs is 2. The summed E-state index contributed by atoms with van der Waals surface area (Å²) in [5.74, 6) is 2.84. The minimum atomic E-state index is -2.80. The zero-order valence-electron chi connectivity index (χ0n) is 32.6. The Kier molecular flexibility index (Phi) is 8.65. The molecule has 5 aromatic rings. The van der Waals surface area contributed by atoms with E-state index >= 15 is 0 Å². The predicted molar refractivity (Wildman–Crippen MR) is 235 cm³/mol. The average molecular weight is 769 g/mol. The van der Waals surface area contributed by atoms with Crippen molar-refractivity contribution in [2.45, 2.75) is 39.2 Å². The molecule has 0 saturated heterocycles. The predicted octanol–water partition coefficient (Wildman–Crippen LogP) is 8.32. The lowest BCUT2D eigenvalue weighted by molar-refractivity contribution is 0.237. The molecule has 4 aromatic carbocycles. The molecule has 6 aliphatic carbocycles. The van der Waals surface area contributed by atoms with Crippen molar-refractivity contribution in [2.75, 3.05) is 0 Å². The van der Waals surface area contributed by atoms with E-state index in [2.05, 4.69) is 91.1 Å². The van der Waals surface area contributed by atoms with Gasteiger partial charge in [0.25, 0.3) is 0 Å². The van der Waals surface area contributed by atoms with Crippen molar-refractivity contribution in [2.24, 2.45) is 16.8 Å². The van der Waals surface area contributed by atoms with Crippen molar-refractivity contribution in [1.29, 1.82) is 0 Å². The lowest BCUT2D eigenvalue weighted by Gasteiger charge is -2.32. The highest BCUT2D eigenvalue weighted by molar-refractivity contribution is 6.39. The van der Waals surface area contributed by atoms with E-state index in [1.165, 1.54) is 10.4 Å². The second-order valence-electron chi connectivity index (χ2n) is 15.9. The third-order valence-electron chi connectivity index (χ3n) is 12.2. The first-order chi connectivity index (χ1) is 28.5. The van der Waals surface area contributed by atoms with Crippen LogP contribution in [0.15, 0.2) is 173 Å². The van der Waals surface area contributed by atoms with Gasteiger partial charge in [-0.1, -0.05) is 127 Å². The standard InChI is InChI=1S/C20H14.C12H10O.C10H11NO.C10H9NO.Al/c1-2-12-5-6-14-9-10-15-8-7-13-4-3-11(1)16-17(12)19(14)20(15)18(13)16;13-12-8-6-11(7-9-12)10-4-2-1-3-5-10;2*1-7-5-6-8-3-2-4-9(12)10(8)11-7;/h1-3,5,7-9,20H,4,6,10H2;1-9,13H;2-6,8,10,12H,1H3;2-6,12H,1H3;/q;;;;+3/p-3. The van der Waals surface area contributed by atoms with Crippen molar-refractivity contribution in [3.8, 4) is 22.6 Å². The molecule has 5 nitrogen and oxygen atoms in total. The fraction of sp³-hybridized carbons (Fsp3) is 0.154. The Labute approximate surface area is 343 Å². The van der Waals surface area contributed by atoms with Crippen molar-refractivity contribution in [3.63, 3.8) is 0 Å². The maximum atomic E-state index is 6.55. The van der Waals surface area contributed by atoms with Gasteiger partial charge >= 0.3 is 15.1 Å². The number of aliphatic imine (C=N–C) groups is 1.